The molecule has 2 heterocycles. The lowest BCUT2D eigenvalue weighted by Crippen LogP contribution is -2.11. The van der Waals surface area contributed by atoms with Gasteiger partial charge in [0.2, 0.25) is 0 Å². The number of fused-ring (bicyclic) bond motifs is 1. The van der Waals surface area contributed by atoms with Crippen molar-refractivity contribution in [2.24, 2.45) is 0 Å². The van der Waals surface area contributed by atoms with Gasteiger partial charge in [0.25, 0.3) is 0 Å². The van der Waals surface area contributed by atoms with Crippen LogP contribution in [0.5, 0.6) is 0 Å². The van der Waals surface area contributed by atoms with Crippen molar-refractivity contribution in [3.05, 3.63) is 46.8 Å². The minimum Gasteiger partial charge on any atom is -0.464 e. The minimum atomic E-state index is -0.991. The topological polar surface area (TPSA) is 64.1 Å². The van der Waals surface area contributed by atoms with Crippen molar-refractivity contribution < 1.29 is 18.3 Å². The van der Waals surface area contributed by atoms with Crippen LogP contribution in [0.3, 0.4) is 0 Å². The molecule has 1 aliphatic heterocycles. The molecule has 3 rings (SSSR count). The maximum Gasteiger partial charge on any atom is 0.357 e. The average Bonchev–Trinajstić information content (AvgIpc) is 2.96. The summed E-state index contributed by atoms with van der Waals surface area (Å²) in [6.45, 7) is 0.955. The molecule has 0 atom stereocenters. The van der Waals surface area contributed by atoms with Gasteiger partial charge in [0.05, 0.1) is 12.8 Å². The molecule has 0 saturated heterocycles. The van der Waals surface area contributed by atoms with E-state index < -0.39 is 17.6 Å². The summed E-state index contributed by atoms with van der Waals surface area (Å²) in [5, 5.41) is 3.06. The molecule has 0 aliphatic carbocycles. The molecule has 1 aromatic carbocycles. The summed E-state index contributed by atoms with van der Waals surface area (Å²) in [5.74, 6) is -2.36. The maximum absolute atomic E-state index is 13.3. The van der Waals surface area contributed by atoms with Gasteiger partial charge in [-0.2, -0.15) is 0 Å². The van der Waals surface area contributed by atoms with Crippen molar-refractivity contribution in [3.63, 3.8) is 0 Å². The van der Waals surface area contributed by atoms with Crippen LogP contribution >= 0.6 is 0 Å². The highest BCUT2D eigenvalue weighted by Gasteiger charge is 2.24. The zero-order valence-electron chi connectivity index (χ0n) is 11.1. The molecule has 0 saturated carbocycles. The van der Waals surface area contributed by atoms with E-state index in [1.165, 1.54) is 13.2 Å². The third kappa shape index (κ3) is 2.36. The first-order chi connectivity index (χ1) is 10.1. The molecule has 0 fully saturated rings. The Bertz CT molecular complexity index is 734. The molecule has 0 unspecified atom stereocenters. The molecule has 1 aromatic heterocycles. The Morgan fingerprint density at radius 1 is 1.24 bits per heavy atom. The molecule has 0 amide bonds. The van der Waals surface area contributed by atoms with Gasteiger partial charge in [-0.05, 0) is 18.2 Å². The number of nitrogens with one attached hydrogen (secondary N) is 1. The zero-order chi connectivity index (χ0) is 15.0. The normalized spacial score (nSPS) is 13.1. The number of methoxy groups -OCH3 is 1. The van der Waals surface area contributed by atoms with Crippen LogP contribution in [0.4, 0.5) is 8.78 Å². The molecule has 0 bridgehead atoms. The van der Waals surface area contributed by atoms with Crippen LogP contribution in [-0.4, -0.2) is 23.0 Å². The summed E-state index contributed by atoms with van der Waals surface area (Å²) in [6, 6.07) is 3.36. The van der Waals surface area contributed by atoms with E-state index >= 15 is 0 Å². The first-order valence-corrected chi connectivity index (χ1v) is 6.24. The zero-order valence-corrected chi connectivity index (χ0v) is 11.1. The summed E-state index contributed by atoms with van der Waals surface area (Å²) in [4.78, 5) is 20.2. The SMILES string of the molecule is COC(=O)c1nc(-c2ccc(F)c(F)c2)nc2c1CNC2. The fraction of sp³-hybridized carbons (Fsp3) is 0.214. The predicted octanol–water partition coefficient (Wildman–Crippen LogP) is 1.81. The van der Waals surface area contributed by atoms with Crippen LogP contribution in [0.25, 0.3) is 11.4 Å². The van der Waals surface area contributed by atoms with Crippen LogP contribution in [0, 0.1) is 11.6 Å². The second-order valence-corrected chi connectivity index (χ2v) is 4.55. The van der Waals surface area contributed by atoms with Crippen molar-refractivity contribution in [2.75, 3.05) is 7.11 Å². The fourth-order valence-corrected chi connectivity index (χ4v) is 2.20. The van der Waals surface area contributed by atoms with E-state index in [0.717, 1.165) is 12.1 Å². The number of esters is 1. The number of hydrogen-bond donors (Lipinski definition) is 1. The number of hydrogen-bond acceptors (Lipinski definition) is 5. The number of nitrogens with zero attached hydrogens (tertiary/aromatic N) is 2. The number of ether oxygens (including phenoxy) is 1. The molecule has 2 aromatic rings. The minimum absolute atomic E-state index is 0.146. The Labute approximate surface area is 119 Å². The lowest BCUT2D eigenvalue weighted by Gasteiger charge is -2.08. The van der Waals surface area contributed by atoms with Gasteiger partial charge in [-0.15, -0.1) is 0 Å². The van der Waals surface area contributed by atoms with Gasteiger partial charge in [-0.25, -0.2) is 23.5 Å². The second kappa shape index (κ2) is 5.17. The number of aromatic nitrogens is 2. The molecular formula is C14H11F2N3O2. The van der Waals surface area contributed by atoms with Gasteiger partial charge in [0.15, 0.2) is 23.2 Å². The van der Waals surface area contributed by atoms with Gasteiger partial charge >= 0.3 is 5.97 Å². The molecule has 1 N–H and O–H groups in total. The Morgan fingerprint density at radius 2 is 2.05 bits per heavy atom. The Kier molecular flexibility index (Phi) is 3.34. The van der Waals surface area contributed by atoms with Crippen molar-refractivity contribution in [2.45, 2.75) is 13.1 Å². The van der Waals surface area contributed by atoms with E-state index in [9.17, 15) is 13.6 Å². The van der Waals surface area contributed by atoms with Gasteiger partial charge in [0.1, 0.15) is 0 Å². The summed E-state index contributed by atoms with van der Waals surface area (Å²) in [7, 11) is 1.26. The summed E-state index contributed by atoms with van der Waals surface area (Å²) >= 11 is 0. The molecule has 0 spiro atoms. The second-order valence-electron chi connectivity index (χ2n) is 4.55. The van der Waals surface area contributed by atoms with Gasteiger partial charge in [0, 0.05) is 24.2 Å². The Morgan fingerprint density at radius 3 is 2.76 bits per heavy atom. The standard InChI is InChI=1S/C14H11F2N3O2/c1-21-14(20)12-8-5-17-6-11(8)18-13(19-12)7-2-3-9(15)10(16)4-7/h2-4,17H,5-6H2,1H3. The fourth-order valence-electron chi connectivity index (χ4n) is 2.20. The molecule has 21 heavy (non-hydrogen) atoms. The lowest BCUT2D eigenvalue weighted by molar-refractivity contribution is 0.0592. The molecule has 1 aliphatic rings. The Hall–Kier alpha value is -2.41. The van der Waals surface area contributed by atoms with Gasteiger partial charge in [-0.3, -0.25) is 0 Å². The number of rotatable bonds is 2. The van der Waals surface area contributed by atoms with Crippen LogP contribution in [0.2, 0.25) is 0 Å². The largest absolute Gasteiger partial charge is 0.464 e. The van der Waals surface area contributed by atoms with E-state index in [2.05, 4.69) is 15.3 Å². The van der Waals surface area contributed by atoms with E-state index in [1.54, 1.807) is 0 Å². The van der Waals surface area contributed by atoms with Gasteiger partial charge in [-0.1, -0.05) is 0 Å². The first-order valence-electron chi connectivity index (χ1n) is 6.24. The number of benzene rings is 1. The lowest BCUT2D eigenvalue weighted by atomic mass is 10.1. The highest BCUT2D eigenvalue weighted by molar-refractivity contribution is 5.89. The summed E-state index contributed by atoms with van der Waals surface area (Å²) < 4.78 is 31.0. The third-order valence-corrected chi connectivity index (χ3v) is 3.24. The van der Waals surface area contributed by atoms with Crippen molar-refractivity contribution in [1.29, 1.82) is 0 Å². The van der Waals surface area contributed by atoms with Crippen molar-refractivity contribution in [1.82, 2.24) is 15.3 Å². The highest BCUT2D eigenvalue weighted by atomic mass is 19.2. The molecular weight excluding hydrogens is 280 g/mol. The number of carbonyl (C=O) groups excluding carboxylic acids is 1. The molecule has 7 heteroatoms. The average molecular weight is 291 g/mol. The van der Waals surface area contributed by atoms with Crippen LogP contribution in [-0.2, 0) is 17.8 Å². The third-order valence-electron chi connectivity index (χ3n) is 3.24. The number of halogens is 2. The Balaban J connectivity index is 2.15. The van der Waals surface area contributed by atoms with E-state index in [1.807, 2.05) is 0 Å². The first kappa shape index (κ1) is 13.6. The summed E-state index contributed by atoms with van der Waals surface area (Å²) in [5.41, 5.74) is 1.78. The molecule has 5 nitrogen and oxygen atoms in total. The van der Waals surface area contributed by atoms with Crippen LogP contribution in [0.1, 0.15) is 21.7 Å². The van der Waals surface area contributed by atoms with E-state index in [-0.39, 0.29) is 11.5 Å². The quantitative estimate of drug-likeness (QED) is 0.855. The smallest absolute Gasteiger partial charge is 0.357 e. The van der Waals surface area contributed by atoms with Crippen molar-refractivity contribution in [3.8, 4) is 11.4 Å². The summed E-state index contributed by atoms with van der Waals surface area (Å²) in [6.07, 6.45) is 0. The van der Waals surface area contributed by atoms with E-state index in [0.29, 0.717) is 29.9 Å². The van der Waals surface area contributed by atoms with Crippen LogP contribution < -0.4 is 5.32 Å². The number of carbonyl (C=O) groups is 1. The van der Waals surface area contributed by atoms with Crippen molar-refractivity contribution >= 4 is 5.97 Å². The van der Waals surface area contributed by atoms with E-state index in [4.69, 9.17) is 4.74 Å². The highest BCUT2D eigenvalue weighted by Crippen LogP contribution is 2.24. The molecule has 108 valence electrons. The monoisotopic (exact) mass is 291 g/mol. The predicted molar refractivity (Wildman–Crippen MR) is 69.3 cm³/mol. The molecule has 0 radical (unpaired) electrons. The van der Waals surface area contributed by atoms with Crippen LogP contribution in [0.15, 0.2) is 18.2 Å². The van der Waals surface area contributed by atoms with Gasteiger partial charge < -0.3 is 10.1 Å². The maximum atomic E-state index is 13.3.